The molecule has 0 atom stereocenters. The van der Waals surface area contributed by atoms with Crippen molar-refractivity contribution in [3.8, 4) is 5.75 Å². The van der Waals surface area contributed by atoms with Crippen LogP contribution in [0.3, 0.4) is 0 Å². The largest absolute Gasteiger partial charge is 0.493 e. The minimum atomic E-state index is -3.93. The van der Waals surface area contributed by atoms with Gasteiger partial charge in [0.05, 0.1) is 17.2 Å². The first-order valence-electron chi connectivity index (χ1n) is 12.4. The van der Waals surface area contributed by atoms with Gasteiger partial charge in [-0.2, -0.15) is 0 Å². The second-order valence-corrected chi connectivity index (χ2v) is 10.9. The quantitative estimate of drug-likeness (QED) is 0.335. The standard InChI is InChI=1S/C29H36N2O4S/c1-5-17-35-28-11-7-6-9-25(28)10-8-16-30-29(32)21-31(26-19-23(3)18-24(4)20-26)36(33,34)27-14-12-22(2)13-15-27/h6-7,9,11-15,18-20H,5,8,10,16-17,21H2,1-4H3,(H,30,32). The van der Waals surface area contributed by atoms with Gasteiger partial charge in [-0.05, 0) is 87.1 Å². The van der Waals surface area contributed by atoms with Crippen molar-refractivity contribution in [3.05, 3.63) is 89.0 Å². The van der Waals surface area contributed by atoms with Gasteiger partial charge in [-0.25, -0.2) is 8.42 Å². The van der Waals surface area contributed by atoms with E-state index in [1.54, 1.807) is 36.4 Å². The fraction of sp³-hybridized carbons (Fsp3) is 0.345. The molecule has 0 aliphatic carbocycles. The van der Waals surface area contributed by atoms with E-state index in [0.29, 0.717) is 25.3 Å². The highest BCUT2D eigenvalue weighted by Gasteiger charge is 2.27. The summed E-state index contributed by atoms with van der Waals surface area (Å²) in [5, 5.41) is 2.89. The molecule has 192 valence electrons. The van der Waals surface area contributed by atoms with Gasteiger partial charge in [-0.15, -0.1) is 0 Å². The van der Waals surface area contributed by atoms with Crippen LogP contribution in [0.1, 0.15) is 42.0 Å². The molecular weight excluding hydrogens is 472 g/mol. The SMILES string of the molecule is CCCOc1ccccc1CCCNC(=O)CN(c1cc(C)cc(C)c1)S(=O)(=O)c1ccc(C)cc1. The monoisotopic (exact) mass is 508 g/mol. The number of carbonyl (C=O) groups is 1. The van der Waals surface area contributed by atoms with Gasteiger partial charge >= 0.3 is 0 Å². The predicted octanol–water partition coefficient (Wildman–Crippen LogP) is 5.34. The Kier molecular flexibility index (Phi) is 9.53. The van der Waals surface area contributed by atoms with Crippen LogP contribution in [-0.2, 0) is 21.2 Å². The van der Waals surface area contributed by atoms with Crippen LogP contribution in [0.25, 0.3) is 0 Å². The van der Waals surface area contributed by atoms with E-state index in [1.807, 2.05) is 51.1 Å². The van der Waals surface area contributed by atoms with Gasteiger partial charge in [-0.3, -0.25) is 9.10 Å². The number of aryl methyl sites for hydroxylation is 4. The van der Waals surface area contributed by atoms with Crippen molar-refractivity contribution in [2.24, 2.45) is 0 Å². The Balaban J connectivity index is 1.71. The average Bonchev–Trinajstić information content (AvgIpc) is 2.84. The maximum atomic E-state index is 13.6. The van der Waals surface area contributed by atoms with Gasteiger partial charge in [0.2, 0.25) is 5.91 Å². The third-order valence-electron chi connectivity index (χ3n) is 5.77. The highest BCUT2D eigenvalue weighted by Crippen LogP contribution is 2.26. The van der Waals surface area contributed by atoms with Crippen LogP contribution in [0.2, 0.25) is 0 Å². The molecule has 0 heterocycles. The van der Waals surface area contributed by atoms with Gasteiger partial charge in [0.1, 0.15) is 12.3 Å². The number of benzene rings is 3. The highest BCUT2D eigenvalue weighted by molar-refractivity contribution is 7.92. The maximum Gasteiger partial charge on any atom is 0.264 e. The van der Waals surface area contributed by atoms with E-state index in [4.69, 9.17) is 4.74 Å². The number of nitrogens with zero attached hydrogens (tertiary/aromatic N) is 1. The first-order chi connectivity index (χ1) is 17.2. The van der Waals surface area contributed by atoms with E-state index >= 15 is 0 Å². The van der Waals surface area contributed by atoms with Crippen molar-refractivity contribution in [1.29, 1.82) is 0 Å². The van der Waals surface area contributed by atoms with Gasteiger partial charge in [0.15, 0.2) is 0 Å². The smallest absolute Gasteiger partial charge is 0.264 e. The van der Waals surface area contributed by atoms with Crippen molar-refractivity contribution < 1.29 is 17.9 Å². The molecule has 0 spiro atoms. The molecule has 0 saturated heterocycles. The summed E-state index contributed by atoms with van der Waals surface area (Å²) in [6, 6.07) is 20.2. The zero-order valence-corrected chi connectivity index (χ0v) is 22.4. The Morgan fingerprint density at radius 3 is 2.25 bits per heavy atom. The average molecular weight is 509 g/mol. The van der Waals surface area contributed by atoms with Crippen molar-refractivity contribution in [1.82, 2.24) is 5.32 Å². The molecule has 36 heavy (non-hydrogen) atoms. The number of rotatable bonds is 12. The van der Waals surface area contributed by atoms with E-state index in [-0.39, 0.29) is 17.3 Å². The van der Waals surface area contributed by atoms with Crippen molar-refractivity contribution in [2.45, 2.75) is 51.9 Å². The molecule has 6 nitrogen and oxygen atoms in total. The molecule has 1 N–H and O–H groups in total. The van der Waals surface area contributed by atoms with Crippen molar-refractivity contribution in [3.63, 3.8) is 0 Å². The second kappa shape index (κ2) is 12.6. The lowest BCUT2D eigenvalue weighted by atomic mass is 10.1. The first kappa shape index (κ1) is 27.3. The summed E-state index contributed by atoms with van der Waals surface area (Å²) in [6.07, 6.45) is 2.40. The Morgan fingerprint density at radius 2 is 1.58 bits per heavy atom. The minimum Gasteiger partial charge on any atom is -0.493 e. The zero-order valence-electron chi connectivity index (χ0n) is 21.6. The normalized spacial score (nSPS) is 11.2. The molecule has 0 radical (unpaired) electrons. The Hall–Kier alpha value is -3.32. The third kappa shape index (κ3) is 7.34. The number of sulfonamides is 1. The van der Waals surface area contributed by atoms with Crippen molar-refractivity contribution >= 4 is 21.6 Å². The molecule has 0 aliphatic rings. The Morgan fingerprint density at radius 1 is 0.917 bits per heavy atom. The van der Waals surface area contributed by atoms with Crippen LogP contribution >= 0.6 is 0 Å². The maximum absolute atomic E-state index is 13.6. The molecule has 7 heteroatoms. The number of carbonyl (C=O) groups excluding carboxylic acids is 1. The summed E-state index contributed by atoms with van der Waals surface area (Å²) in [4.78, 5) is 13.1. The van der Waals surface area contributed by atoms with Crippen molar-refractivity contribution in [2.75, 3.05) is 24.0 Å². The van der Waals surface area contributed by atoms with Gasteiger partial charge < -0.3 is 10.1 Å². The van der Waals surface area contributed by atoms with E-state index < -0.39 is 10.0 Å². The number of anilines is 1. The number of hydrogen-bond acceptors (Lipinski definition) is 4. The van der Waals surface area contributed by atoms with E-state index in [0.717, 1.165) is 40.8 Å². The molecule has 0 saturated carbocycles. The van der Waals surface area contributed by atoms with Crippen LogP contribution in [0.15, 0.2) is 71.6 Å². The predicted molar refractivity (Wildman–Crippen MR) is 145 cm³/mol. The summed E-state index contributed by atoms with van der Waals surface area (Å²) in [5.74, 6) is 0.524. The molecule has 0 aromatic heterocycles. The number of nitrogens with one attached hydrogen (secondary N) is 1. The van der Waals surface area contributed by atoms with Gasteiger partial charge in [0.25, 0.3) is 10.0 Å². The zero-order chi connectivity index (χ0) is 26.1. The molecule has 3 aromatic rings. The van der Waals surface area contributed by atoms with E-state index in [2.05, 4.69) is 12.2 Å². The third-order valence-corrected chi connectivity index (χ3v) is 7.56. The number of para-hydroxylation sites is 1. The number of ether oxygens (including phenoxy) is 1. The lowest BCUT2D eigenvalue weighted by Crippen LogP contribution is -2.41. The number of amides is 1. The minimum absolute atomic E-state index is 0.156. The lowest BCUT2D eigenvalue weighted by molar-refractivity contribution is -0.119. The summed E-state index contributed by atoms with van der Waals surface area (Å²) >= 11 is 0. The molecule has 0 aliphatic heterocycles. The fourth-order valence-corrected chi connectivity index (χ4v) is 5.41. The van der Waals surface area contributed by atoms with E-state index in [1.165, 1.54) is 4.31 Å². The topological polar surface area (TPSA) is 75.7 Å². The van der Waals surface area contributed by atoms with Gasteiger partial charge in [0, 0.05) is 6.54 Å². The van der Waals surface area contributed by atoms with Crippen LogP contribution < -0.4 is 14.4 Å². The highest BCUT2D eigenvalue weighted by atomic mass is 32.2. The Labute approximate surface area is 215 Å². The lowest BCUT2D eigenvalue weighted by Gasteiger charge is -2.25. The van der Waals surface area contributed by atoms with Gasteiger partial charge in [-0.1, -0.05) is 48.9 Å². The molecule has 3 aromatic carbocycles. The summed E-state index contributed by atoms with van der Waals surface area (Å²) in [7, 11) is -3.93. The molecule has 0 bridgehead atoms. The fourth-order valence-electron chi connectivity index (χ4n) is 4.00. The van der Waals surface area contributed by atoms with Crippen LogP contribution in [0.5, 0.6) is 5.75 Å². The van der Waals surface area contributed by atoms with Crippen LogP contribution in [0.4, 0.5) is 5.69 Å². The first-order valence-corrected chi connectivity index (χ1v) is 13.8. The number of hydrogen-bond donors (Lipinski definition) is 1. The summed E-state index contributed by atoms with van der Waals surface area (Å²) in [6.45, 7) is 8.60. The van der Waals surface area contributed by atoms with Crippen LogP contribution in [0, 0.1) is 20.8 Å². The van der Waals surface area contributed by atoms with E-state index in [9.17, 15) is 13.2 Å². The summed E-state index contributed by atoms with van der Waals surface area (Å²) in [5.41, 5.74) is 4.40. The molecule has 1 amide bonds. The molecule has 3 rings (SSSR count). The van der Waals surface area contributed by atoms with Crippen LogP contribution in [-0.4, -0.2) is 34.0 Å². The Bertz CT molecular complexity index is 1250. The second-order valence-electron chi connectivity index (χ2n) is 9.08. The molecule has 0 unspecified atom stereocenters. The molecular formula is C29H36N2O4S. The summed E-state index contributed by atoms with van der Waals surface area (Å²) < 4.78 is 34.2. The molecule has 0 fully saturated rings.